The van der Waals surface area contributed by atoms with Crippen molar-refractivity contribution in [1.29, 1.82) is 0 Å². The Morgan fingerprint density at radius 3 is 2.37 bits per heavy atom. The topological polar surface area (TPSA) is 63.7 Å². The second-order valence-corrected chi connectivity index (χ2v) is 6.82. The number of carbonyl (C=O) groups excluding carboxylic acids is 3. The minimum absolute atomic E-state index is 0.103. The van der Waals surface area contributed by atoms with Crippen LogP contribution in [0.4, 0.5) is 5.69 Å². The van der Waals surface area contributed by atoms with E-state index in [0.29, 0.717) is 5.56 Å². The normalized spacial score (nSPS) is 16.4. The van der Waals surface area contributed by atoms with Crippen LogP contribution in [0.3, 0.4) is 0 Å². The quantitative estimate of drug-likeness (QED) is 0.582. The van der Waals surface area contributed by atoms with Gasteiger partial charge in [0.15, 0.2) is 12.4 Å². The summed E-state index contributed by atoms with van der Waals surface area (Å²) < 4.78 is 5.18. The van der Waals surface area contributed by atoms with Crippen molar-refractivity contribution in [2.45, 2.75) is 26.7 Å². The molecule has 0 saturated carbocycles. The lowest BCUT2D eigenvalue weighted by molar-refractivity contribution is -0.147. The number of ether oxygens (including phenoxy) is 1. The van der Waals surface area contributed by atoms with Gasteiger partial charge in [-0.15, -0.1) is 0 Å². The van der Waals surface area contributed by atoms with Gasteiger partial charge >= 0.3 is 5.97 Å². The molecular weight excluding hydrogens is 342 g/mol. The van der Waals surface area contributed by atoms with Gasteiger partial charge in [0.2, 0.25) is 5.91 Å². The van der Waals surface area contributed by atoms with E-state index < -0.39 is 11.9 Å². The fourth-order valence-electron chi connectivity index (χ4n) is 3.10. The molecule has 0 aromatic heterocycles. The van der Waals surface area contributed by atoms with Crippen LogP contribution >= 0.6 is 0 Å². The molecular formula is C22H23NO4. The summed E-state index contributed by atoms with van der Waals surface area (Å²) in [5.74, 6) is -1.40. The zero-order valence-electron chi connectivity index (χ0n) is 15.6. The van der Waals surface area contributed by atoms with Gasteiger partial charge in [-0.05, 0) is 31.0 Å². The first-order valence-corrected chi connectivity index (χ1v) is 9.13. The van der Waals surface area contributed by atoms with Crippen LogP contribution in [-0.2, 0) is 20.7 Å². The Morgan fingerprint density at radius 2 is 1.74 bits per heavy atom. The molecule has 5 heteroatoms. The van der Waals surface area contributed by atoms with Crippen LogP contribution in [0.5, 0.6) is 0 Å². The Bertz CT molecular complexity index is 840. The number of ketones is 1. The molecule has 1 aliphatic heterocycles. The lowest BCUT2D eigenvalue weighted by Crippen LogP contribution is -2.27. The number of hydrogen-bond acceptors (Lipinski definition) is 4. The van der Waals surface area contributed by atoms with Crippen LogP contribution in [0.15, 0.2) is 48.5 Å². The number of esters is 1. The first kappa shape index (κ1) is 18.8. The Morgan fingerprint density at radius 1 is 1.07 bits per heavy atom. The van der Waals surface area contributed by atoms with Crippen LogP contribution in [0.1, 0.15) is 34.8 Å². The fourth-order valence-corrected chi connectivity index (χ4v) is 3.10. The molecule has 2 aromatic carbocycles. The van der Waals surface area contributed by atoms with E-state index in [1.807, 2.05) is 50.2 Å². The van der Waals surface area contributed by atoms with E-state index in [2.05, 4.69) is 0 Å². The first-order valence-electron chi connectivity index (χ1n) is 9.13. The average Bonchev–Trinajstić information content (AvgIpc) is 3.08. The van der Waals surface area contributed by atoms with Crippen molar-refractivity contribution >= 4 is 23.3 Å². The number of benzene rings is 2. The number of anilines is 1. The maximum absolute atomic E-state index is 12.3. The van der Waals surface area contributed by atoms with E-state index in [9.17, 15) is 14.4 Å². The van der Waals surface area contributed by atoms with E-state index >= 15 is 0 Å². The lowest BCUT2D eigenvalue weighted by atomic mass is 10.1. The largest absolute Gasteiger partial charge is 0.457 e. The van der Waals surface area contributed by atoms with Crippen molar-refractivity contribution in [2.24, 2.45) is 5.92 Å². The van der Waals surface area contributed by atoms with Gasteiger partial charge in [-0.3, -0.25) is 14.4 Å². The third-order valence-electron chi connectivity index (χ3n) is 4.83. The Kier molecular flexibility index (Phi) is 5.69. The number of Topliss-reactive ketones (excluding diaryl/α,β-unsaturated/α-hetero) is 1. The molecule has 0 aliphatic carbocycles. The standard InChI is InChI=1S/C22H23NO4/c1-3-16-6-8-17(9-7-16)20(24)14-27-22(26)18-12-21(25)23(13-18)19-10-4-15(2)5-11-19/h4-11,18H,3,12-14H2,1-2H3. The molecule has 2 aromatic rings. The molecule has 1 heterocycles. The number of carbonyl (C=O) groups is 3. The molecule has 1 aliphatic rings. The molecule has 3 rings (SSSR count). The second-order valence-electron chi connectivity index (χ2n) is 6.82. The summed E-state index contributed by atoms with van der Waals surface area (Å²) in [5, 5.41) is 0. The van der Waals surface area contributed by atoms with Gasteiger partial charge in [-0.2, -0.15) is 0 Å². The minimum Gasteiger partial charge on any atom is -0.457 e. The smallest absolute Gasteiger partial charge is 0.311 e. The molecule has 1 fully saturated rings. The van der Waals surface area contributed by atoms with Gasteiger partial charge in [0.1, 0.15) is 0 Å². The summed E-state index contributed by atoms with van der Waals surface area (Å²) >= 11 is 0. The van der Waals surface area contributed by atoms with Gasteiger partial charge in [0.05, 0.1) is 5.92 Å². The zero-order valence-corrected chi connectivity index (χ0v) is 15.6. The van der Waals surface area contributed by atoms with Crippen molar-refractivity contribution in [3.8, 4) is 0 Å². The molecule has 5 nitrogen and oxygen atoms in total. The Balaban J connectivity index is 1.55. The van der Waals surface area contributed by atoms with E-state index in [-0.39, 0.29) is 31.3 Å². The fraction of sp³-hybridized carbons (Fsp3) is 0.318. The summed E-state index contributed by atoms with van der Waals surface area (Å²) in [6, 6.07) is 14.9. The van der Waals surface area contributed by atoms with E-state index in [4.69, 9.17) is 4.74 Å². The van der Waals surface area contributed by atoms with Crippen LogP contribution in [-0.4, -0.2) is 30.8 Å². The average molecular weight is 365 g/mol. The van der Waals surface area contributed by atoms with E-state index in [0.717, 1.165) is 23.2 Å². The molecule has 27 heavy (non-hydrogen) atoms. The van der Waals surface area contributed by atoms with Gasteiger partial charge in [-0.1, -0.05) is 48.9 Å². The summed E-state index contributed by atoms with van der Waals surface area (Å²) in [6.07, 6.45) is 1.00. The van der Waals surface area contributed by atoms with Gasteiger partial charge in [0, 0.05) is 24.2 Å². The highest BCUT2D eigenvalue weighted by Crippen LogP contribution is 2.26. The van der Waals surface area contributed by atoms with Gasteiger partial charge in [-0.25, -0.2) is 0 Å². The number of nitrogens with zero attached hydrogens (tertiary/aromatic N) is 1. The van der Waals surface area contributed by atoms with Crippen molar-refractivity contribution in [3.05, 3.63) is 65.2 Å². The molecule has 1 amide bonds. The van der Waals surface area contributed by atoms with E-state index in [1.165, 1.54) is 0 Å². The highest BCUT2D eigenvalue weighted by molar-refractivity contribution is 6.01. The van der Waals surface area contributed by atoms with Crippen molar-refractivity contribution in [3.63, 3.8) is 0 Å². The van der Waals surface area contributed by atoms with Gasteiger partial charge in [0.25, 0.3) is 0 Å². The van der Waals surface area contributed by atoms with Crippen molar-refractivity contribution in [1.82, 2.24) is 0 Å². The van der Waals surface area contributed by atoms with Gasteiger partial charge < -0.3 is 9.64 Å². The third-order valence-corrected chi connectivity index (χ3v) is 4.83. The number of rotatable bonds is 6. The monoisotopic (exact) mass is 365 g/mol. The Hall–Kier alpha value is -2.95. The molecule has 0 bridgehead atoms. The van der Waals surface area contributed by atoms with Crippen molar-refractivity contribution < 1.29 is 19.1 Å². The third kappa shape index (κ3) is 4.42. The molecule has 140 valence electrons. The first-order chi connectivity index (χ1) is 13.0. The maximum atomic E-state index is 12.3. The van der Waals surface area contributed by atoms with Crippen LogP contribution in [0, 0.1) is 12.8 Å². The number of hydrogen-bond donors (Lipinski definition) is 0. The van der Waals surface area contributed by atoms with E-state index in [1.54, 1.807) is 17.0 Å². The Labute approximate surface area is 158 Å². The predicted molar refractivity (Wildman–Crippen MR) is 103 cm³/mol. The zero-order chi connectivity index (χ0) is 19.4. The highest BCUT2D eigenvalue weighted by atomic mass is 16.5. The molecule has 0 N–H and O–H groups in total. The molecule has 1 atom stereocenters. The molecule has 1 saturated heterocycles. The minimum atomic E-state index is -0.547. The summed E-state index contributed by atoms with van der Waals surface area (Å²) in [6.45, 7) is 3.99. The lowest BCUT2D eigenvalue weighted by Gasteiger charge is -2.16. The van der Waals surface area contributed by atoms with Crippen LogP contribution in [0.25, 0.3) is 0 Å². The maximum Gasteiger partial charge on any atom is 0.311 e. The summed E-state index contributed by atoms with van der Waals surface area (Å²) in [5.41, 5.74) is 3.54. The highest BCUT2D eigenvalue weighted by Gasteiger charge is 2.36. The number of amides is 1. The number of aryl methyl sites for hydroxylation is 2. The summed E-state index contributed by atoms with van der Waals surface area (Å²) in [4.78, 5) is 38.3. The SMILES string of the molecule is CCc1ccc(C(=O)COC(=O)C2CC(=O)N(c3ccc(C)cc3)C2)cc1. The molecule has 1 unspecified atom stereocenters. The predicted octanol–water partition coefficient (Wildman–Crippen LogP) is 3.34. The molecule has 0 radical (unpaired) electrons. The van der Waals surface area contributed by atoms with Crippen LogP contribution < -0.4 is 4.90 Å². The summed E-state index contributed by atoms with van der Waals surface area (Å²) in [7, 11) is 0. The van der Waals surface area contributed by atoms with Crippen molar-refractivity contribution in [2.75, 3.05) is 18.1 Å². The second kappa shape index (κ2) is 8.16. The molecule has 0 spiro atoms. The van der Waals surface area contributed by atoms with Crippen LogP contribution in [0.2, 0.25) is 0 Å².